The number of amides is 2. The first-order valence-electron chi connectivity index (χ1n) is 11.4. The minimum absolute atomic E-state index is 0.0410. The van der Waals surface area contributed by atoms with Crippen LogP contribution in [-0.4, -0.2) is 35.4 Å². The van der Waals surface area contributed by atoms with Crippen molar-refractivity contribution in [1.29, 1.82) is 0 Å². The zero-order chi connectivity index (χ0) is 24.5. The molecule has 178 valence electrons. The van der Waals surface area contributed by atoms with Crippen LogP contribution in [0, 0.1) is 6.92 Å². The molecule has 0 aliphatic carbocycles. The van der Waals surface area contributed by atoms with Crippen molar-refractivity contribution < 1.29 is 14.3 Å². The van der Waals surface area contributed by atoms with E-state index in [1.165, 1.54) is 0 Å². The molecule has 0 aliphatic heterocycles. The molecule has 0 radical (unpaired) electrons. The number of nitrogens with one attached hydrogen (secondary N) is 1. The van der Waals surface area contributed by atoms with Gasteiger partial charge in [-0.1, -0.05) is 76.1 Å². The Balaban J connectivity index is 1.90. The van der Waals surface area contributed by atoms with Crippen LogP contribution >= 0.6 is 15.9 Å². The fourth-order valence-corrected chi connectivity index (χ4v) is 3.97. The van der Waals surface area contributed by atoms with Gasteiger partial charge < -0.3 is 15.0 Å². The predicted octanol–water partition coefficient (Wildman–Crippen LogP) is 5.30. The molecular formula is C28H31BrN2O3. The lowest BCUT2D eigenvalue weighted by Crippen LogP contribution is -2.52. The summed E-state index contributed by atoms with van der Waals surface area (Å²) in [6.45, 7) is 6.00. The van der Waals surface area contributed by atoms with Gasteiger partial charge in [-0.15, -0.1) is 0 Å². The van der Waals surface area contributed by atoms with Gasteiger partial charge in [0.1, 0.15) is 11.8 Å². The number of ether oxygens (including phenoxy) is 1. The first-order valence-corrected chi connectivity index (χ1v) is 12.2. The van der Waals surface area contributed by atoms with E-state index in [2.05, 4.69) is 21.2 Å². The molecule has 34 heavy (non-hydrogen) atoms. The first kappa shape index (κ1) is 25.5. The fraction of sp³-hybridized carbons (Fsp3) is 0.286. The van der Waals surface area contributed by atoms with Crippen LogP contribution in [0.3, 0.4) is 0 Å². The van der Waals surface area contributed by atoms with Crippen molar-refractivity contribution in [2.24, 2.45) is 0 Å². The normalized spacial score (nSPS) is 11.7. The largest absolute Gasteiger partial charge is 0.484 e. The van der Waals surface area contributed by atoms with E-state index in [4.69, 9.17) is 4.74 Å². The molecule has 0 bridgehead atoms. The van der Waals surface area contributed by atoms with E-state index < -0.39 is 6.04 Å². The molecule has 3 rings (SSSR count). The predicted molar refractivity (Wildman–Crippen MR) is 139 cm³/mol. The molecule has 3 aromatic carbocycles. The van der Waals surface area contributed by atoms with Crippen LogP contribution in [0.4, 0.5) is 0 Å². The number of halogens is 1. The first-order chi connectivity index (χ1) is 16.3. The topological polar surface area (TPSA) is 58.6 Å². The third-order valence-corrected chi connectivity index (χ3v) is 5.84. The highest BCUT2D eigenvalue weighted by atomic mass is 79.9. The average molecular weight is 523 g/mol. The summed E-state index contributed by atoms with van der Waals surface area (Å²) >= 11 is 3.40. The third-order valence-electron chi connectivity index (χ3n) is 5.31. The summed E-state index contributed by atoms with van der Waals surface area (Å²) in [5.74, 6) is 0.172. The summed E-state index contributed by atoms with van der Waals surface area (Å²) in [7, 11) is 0. The van der Waals surface area contributed by atoms with Crippen LogP contribution in [0.15, 0.2) is 83.3 Å². The zero-order valence-corrected chi connectivity index (χ0v) is 21.4. The maximum absolute atomic E-state index is 13.5. The maximum atomic E-state index is 13.5. The van der Waals surface area contributed by atoms with E-state index >= 15 is 0 Å². The molecule has 6 heteroatoms. The molecule has 0 unspecified atom stereocenters. The van der Waals surface area contributed by atoms with E-state index in [0.717, 1.165) is 21.2 Å². The van der Waals surface area contributed by atoms with Crippen molar-refractivity contribution in [3.8, 4) is 5.75 Å². The molecule has 0 heterocycles. The average Bonchev–Trinajstić information content (AvgIpc) is 2.81. The van der Waals surface area contributed by atoms with Crippen LogP contribution in [0.1, 0.15) is 30.5 Å². The highest BCUT2D eigenvalue weighted by Crippen LogP contribution is 2.19. The van der Waals surface area contributed by atoms with Crippen LogP contribution in [0.2, 0.25) is 0 Å². The standard InChI is InChI=1S/C28H31BrN2O3/c1-20(2)30-28(33)26(17-22-9-5-4-6-10-22)31(18-23-11-7-8-21(3)16-23)27(32)19-34-25-14-12-24(29)13-15-25/h4-16,20,26H,17-19H2,1-3H3,(H,30,33)/t26-/m0/s1. The van der Waals surface area contributed by atoms with Gasteiger partial charge in [0.05, 0.1) is 0 Å². The van der Waals surface area contributed by atoms with Gasteiger partial charge in [0, 0.05) is 23.5 Å². The Morgan fingerprint density at radius 2 is 1.62 bits per heavy atom. The zero-order valence-electron chi connectivity index (χ0n) is 19.8. The lowest BCUT2D eigenvalue weighted by Gasteiger charge is -2.32. The van der Waals surface area contributed by atoms with Gasteiger partial charge in [0.2, 0.25) is 5.91 Å². The monoisotopic (exact) mass is 522 g/mol. The van der Waals surface area contributed by atoms with Crippen molar-refractivity contribution in [2.75, 3.05) is 6.61 Å². The van der Waals surface area contributed by atoms with Crippen LogP contribution in [0.25, 0.3) is 0 Å². The van der Waals surface area contributed by atoms with Crippen LogP contribution in [-0.2, 0) is 22.6 Å². The van der Waals surface area contributed by atoms with Crippen molar-refractivity contribution in [3.05, 3.63) is 100 Å². The molecule has 1 atom stereocenters. The van der Waals surface area contributed by atoms with E-state index in [9.17, 15) is 9.59 Å². The second-order valence-electron chi connectivity index (χ2n) is 8.62. The van der Waals surface area contributed by atoms with Gasteiger partial charge in [-0.3, -0.25) is 9.59 Å². The molecule has 2 amide bonds. The molecule has 0 fully saturated rings. The second kappa shape index (κ2) is 12.4. The molecule has 5 nitrogen and oxygen atoms in total. The molecule has 0 saturated carbocycles. The number of carbonyl (C=O) groups is 2. The van der Waals surface area contributed by atoms with Gasteiger partial charge in [0.25, 0.3) is 5.91 Å². The number of benzene rings is 3. The number of hydrogen-bond acceptors (Lipinski definition) is 3. The Labute approximate surface area is 210 Å². The van der Waals surface area contributed by atoms with Gasteiger partial charge in [-0.05, 0) is 56.2 Å². The minimum Gasteiger partial charge on any atom is -0.484 e. The Hall–Kier alpha value is -3.12. The fourth-order valence-electron chi connectivity index (χ4n) is 3.70. The molecule has 0 aromatic heterocycles. The highest BCUT2D eigenvalue weighted by molar-refractivity contribution is 9.10. The Morgan fingerprint density at radius 3 is 2.26 bits per heavy atom. The number of nitrogens with zero attached hydrogens (tertiary/aromatic N) is 1. The minimum atomic E-state index is -0.675. The summed E-state index contributed by atoms with van der Waals surface area (Å²) in [6.07, 6.45) is 0.412. The van der Waals surface area contributed by atoms with Gasteiger partial charge >= 0.3 is 0 Å². The lowest BCUT2D eigenvalue weighted by atomic mass is 10.0. The van der Waals surface area contributed by atoms with E-state index in [1.54, 1.807) is 17.0 Å². The molecule has 3 aromatic rings. The number of hydrogen-bond donors (Lipinski definition) is 1. The van der Waals surface area contributed by atoms with Gasteiger partial charge in [-0.2, -0.15) is 0 Å². The smallest absolute Gasteiger partial charge is 0.261 e. The summed E-state index contributed by atoms with van der Waals surface area (Å²) in [5.41, 5.74) is 3.05. The number of aryl methyl sites for hydroxylation is 1. The summed E-state index contributed by atoms with van der Waals surface area (Å²) in [6, 6.07) is 24.4. The van der Waals surface area contributed by atoms with E-state index in [1.807, 2.05) is 87.5 Å². The molecule has 1 N–H and O–H groups in total. The van der Waals surface area contributed by atoms with Crippen molar-refractivity contribution in [3.63, 3.8) is 0 Å². The molecule has 0 aliphatic rings. The Bertz CT molecular complexity index is 1080. The summed E-state index contributed by atoms with van der Waals surface area (Å²) in [5, 5.41) is 3.00. The summed E-state index contributed by atoms with van der Waals surface area (Å²) < 4.78 is 6.71. The Morgan fingerprint density at radius 1 is 0.941 bits per heavy atom. The second-order valence-corrected chi connectivity index (χ2v) is 9.54. The number of carbonyl (C=O) groups excluding carboxylic acids is 2. The van der Waals surface area contributed by atoms with Crippen molar-refractivity contribution in [1.82, 2.24) is 10.2 Å². The SMILES string of the molecule is Cc1cccc(CN(C(=O)COc2ccc(Br)cc2)[C@@H](Cc2ccccc2)C(=O)NC(C)C)c1. The quantitative estimate of drug-likeness (QED) is 0.393. The lowest BCUT2D eigenvalue weighted by molar-refractivity contribution is -0.143. The van der Waals surface area contributed by atoms with Gasteiger partial charge in [-0.25, -0.2) is 0 Å². The van der Waals surface area contributed by atoms with Crippen molar-refractivity contribution in [2.45, 2.75) is 45.8 Å². The summed E-state index contributed by atoms with van der Waals surface area (Å²) in [4.78, 5) is 28.5. The van der Waals surface area contributed by atoms with Gasteiger partial charge in [0.15, 0.2) is 6.61 Å². The van der Waals surface area contributed by atoms with Crippen LogP contribution in [0.5, 0.6) is 5.75 Å². The Kier molecular flexibility index (Phi) is 9.28. The maximum Gasteiger partial charge on any atom is 0.261 e. The number of rotatable bonds is 10. The molecule has 0 saturated heterocycles. The molecular weight excluding hydrogens is 492 g/mol. The van der Waals surface area contributed by atoms with Crippen molar-refractivity contribution >= 4 is 27.7 Å². The van der Waals surface area contributed by atoms with E-state index in [0.29, 0.717) is 18.7 Å². The van der Waals surface area contributed by atoms with Crippen LogP contribution < -0.4 is 10.1 Å². The van der Waals surface area contributed by atoms with E-state index in [-0.39, 0.29) is 24.5 Å². The third kappa shape index (κ3) is 7.73. The molecule has 0 spiro atoms. The highest BCUT2D eigenvalue weighted by Gasteiger charge is 2.31.